The zero-order valence-electron chi connectivity index (χ0n) is 10.6. The molecule has 0 radical (unpaired) electrons. The fraction of sp³-hybridized carbons (Fsp3) is 0.692. The van der Waals surface area contributed by atoms with Gasteiger partial charge >= 0.3 is 0 Å². The Morgan fingerprint density at radius 2 is 1.94 bits per heavy atom. The highest BCUT2D eigenvalue weighted by atomic mass is 15.2. The van der Waals surface area contributed by atoms with Crippen LogP contribution in [-0.4, -0.2) is 29.1 Å². The molecule has 1 aliphatic heterocycles. The summed E-state index contributed by atoms with van der Waals surface area (Å²) in [6, 6.07) is 0.300. The topological polar surface area (TPSA) is 55.0 Å². The molecule has 1 aromatic heterocycles. The van der Waals surface area contributed by atoms with Crippen LogP contribution in [0.2, 0.25) is 0 Å². The minimum absolute atomic E-state index is 0.300. The molecule has 0 amide bonds. The van der Waals surface area contributed by atoms with E-state index < -0.39 is 0 Å². The molecule has 0 unspecified atom stereocenters. The fourth-order valence-electron chi connectivity index (χ4n) is 2.45. The van der Waals surface area contributed by atoms with Gasteiger partial charge in [-0.2, -0.15) is 0 Å². The minimum Gasteiger partial charge on any atom is -0.355 e. The highest BCUT2D eigenvalue weighted by Gasteiger charge is 2.29. The summed E-state index contributed by atoms with van der Waals surface area (Å²) in [6.45, 7) is 6.16. The summed E-state index contributed by atoms with van der Waals surface area (Å²) in [7, 11) is 0. The SMILES string of the molecule is Cc1nc(C2CC2)nc(N2CC[C@@H](N)C2)c1C. The molecule has 2 N–H and O–H groups in total. The standard InChI is InChI=1S/C13H20N4/c1-8-9(2)15-12(10-3-4-10)16-13(8)17-6-5-11(14)7-17/h10-11H,3-7,14H2,1-2H3/t11-/m1/s1. The molecule has 2 fully saturated rings. The van der Waals surface area contributed by atoms with Gasteiger partial charge in [-0.1, -0.05) is 0 Å². The van der Waals surface area contributed by atoms with E-state index in [4.69, 9.17) is 10.7 Å². The zero-order chi connectivity index (χ0) is 12.0. The van der Waals surface area contributed by atoms with Crippen LogP contribution >= 0.6 is 0 Å². The third-order valence-electron chi connectivity index (χ3n) is 3.85. The van der Waals surface area contributed by atoms with Crippen LogP contribution < -0.4 is 10.6 Å². The Morgan fingerprint density at radius 3 is 2.53 bits per heavy atom. The smallest absolute Gasteiger partial charge is 0.135 e. The van der Waals surface area contributed by atoms with Crippen LogP contribution in [0, 0.1) is 13.8 Å². The molecule has 0 bridgehead atoms. The first-order valence-corrected chi connectivity index (χ1v) is 6.51. The predicted octanol–water partition coefficient (Wildman–Crippen LogP) is 1.51. The Kier molecular flexibility index (Phi) is 2.54. The Hall–Kier alpha value is -1.16. The summed E-state index contributed by atoms with van der Waals surface area (Å²) >= 11 is 0. The Bertz CT molecular complexity index is 439. The third-order valence-corrected chi connectivity index (χ3v) is 3.85. The van der Waals surface area contributed by atoms with Gasteiger partial charge in [0, 0.05) is 36.3 Å². The second-order valence-corrected chi connectivity index (χ2v) is 5.38. The van der Waals surface area contributed by atoms with Crippen LogP contribution in [0.1, 0.15) is 42.3 Å². The van der Waals surface area contributed by atoms with Crippen molar-refractivity contribution in [3.8, 4) is 0 Å². The second kappa shape index (κ2) is 3.95. The first-order valence-electron chi connectivity index (χ1n) is 6.51. The largest absolute Gasteiger partial charge is 0.355 e. The number of nitrogens with zero attached hydrogens (tertiary/aromatic N) is 3. The quantitative estimate of drug-likeness (QED) is 0.839. The maximum absolute atomic E-state index is 5.98. The third kappa shape index (κ3) is 2.02. The summed E-state index contributed by atoms with van der Waals surface area (Å²) in [4.78, 5) is 11.7. The number of hydrogen-bond acceptors (Lipinski definition) is 4. The van der Waals surface area contributed by atoms with Gasteiger partial charge < -0.3 is 10.6 Å². The van der Waals surface area contributed by atoms with Crippen LogP contribution in [0.15, 0.2) is 0 Å². The lowest BCUT2D eigenvalue weighted by Gasteiger charge is -2.20. The van der Waals surface area contributed by atoms with Gasteiger partial charge in [0.2, 0.25) is 0 Å². The highest BCUT2D eigenvalue weighted by molar-refractivity contribution is 5.49. The number of aromatic nitrogens is 2. The van der Waals surface area contributed by atoms with Crippen LogP contribution in [0.4, 0.5) is 5.82 Å². The van der Waals surface area contributed by atoms with Crippen LogP contribution in [0.25, 0.3) is 0 Å². The van der Waals surface area contributed by atoms with E-state index in [-0.39, 0.29) is 0 Å². The molecule has 4 heteroatoms. The average molecular weight is 232 g/mol. The Balaban J connectivity index is 1.96. The fourth-order valence-corrected chi connectivity index (χ4v) is 2.45. The maximum Gasteiger partial charge on any atom is 0.135 e. The van der Waals surface area contributed by atoms with Crippen molar-refractivity contribution in [1.29, 1.82) is 0 Å². The number of rotatable bonds is 2. The monoisotopic (exact) mass is 232 g/mol. The van der Waals surface area contributed by atoms with Crippen molar-refractivity contribution in [2.75, 3.05) is 18.0 Å². The first-order chi connectivity index (χ1) is 8.15. The van der Waals surface area contributed by atoms with E-state index in [0.29, 0.717) is 12.0 Å². The van der Waals surface area contributed by atoms with E-state index in [9.17, 15) is 0 Å². The van der Waals surface area contributed by atoms with Crippen molar-refractivity contribution in [3.63, 3.8) is 0 Å². The molecule has 92 valence electrons. The minimum atomic E-state index is 0.300. The lowest BCUT2D eigenvalue weighted by molar-refractivity contribution is 0.750. The summed E-state index contributed by atoms with van der Waals surface area (Å²) in [5, 5.41) is 0. The van der Waals surface area contributed by atoms with Crippen LogP contribution in [0.5, 0.6) is 0 Å². The molecule has 1 atom stereocenters. The molecule has 1 aromatic rings. The predicted molar refractivity (Wildman–Crippen MR) is 68.3 cm³/mol. The van der Waals surface area contributed by atoms with E-state index >= 15 is 0 Å². The Morgan fingerprint density at radius 1 is 1.18 bits per heavy atom. The van der Waals surface area contributed by atoms with Crippen molar-refractivity contribution < 1.29 is 0 Å². The summed E-state index contributed by atoms with van der Waals surface area (Å²) < 4.78 is 0. The molecule has 17 heavy (non-hydrogen) atoms. The zero-order valence-corrected chi connectivity index (χ0v) is 10.6. The highest BCUT2D eigenvalue weighted by Crippen LogP contribution is 2.39. The van der Waals surface area contributed by atoms with Crippen molar-refractivity contribution in [1.82, 2.24) is 9.97 Å². The van der Waals surface area contributed by atoms with Crippen molar-refractivity contribution >= 4 is 5.82 Å². The van der Waals surface area contributed by atoms with E-state index in [1.165, 1.54) is 18.4 Å². The molecule has 2 heterocycles. The molecule has 4 nitrogen and oxygen atoms in total. The number of nitrogens with two attached hydrogens (primary N) is 1. The van der Waals surface area contributed by atoms with Gasteiger partial charge in [-0.05, 0) is 33.1 Å². The van der Waals surface area contributed by atoms with Gasteiger partial charge in [0.15, 0.2) is 0 Å². The number of hydrogen-bond donors (Lipinski definition) is 1. The van der Waals surface area contributed by atoms with Gasteiger partial charge in [0.25, 0.3) is 0 Å². The molecule has 0 spiro atoms. The Labute approximate surface area is 102 Å². The van der Waals surface area contributed by atoms with Crippen LogP contribution in [0.3, 0.4) is 0 Å². The van der Waals surface area contributed by atoms with E-state index in [1.54, 1.807) is 0 Å². The van der Waals surface area contributed by atoms with E-state index in [0.717, 1.165) is 36.8 Å². The second-order valence-electron chi connectivity index (χ2n) is 5.38. The summed E-state index contributed by atoms with van der Waals surface area (Å²) in [5.74, 6) is 2.78. The molecular formula is C13H20N4. The lowest BCUT2D eigenvalue weighted by atomic mass is 10.2. The van der Waals surface area contributed by atoms with Crippen molar-refractivity contribution in [3.05, 3.63) is 17.1 Å². The number of aryl methyl sites for hydroxylation is 1. The molecule has 3 rings (SSSR count). The summed E-state index contributed by atoms with van der Waals surface area (Å²) in [6.07, 6.45) is 3.57. The van der Waals surface area contributed by atoms with Gasteiger partial charge in [-0.15, -0.1) is 0 Å². The molecule has 1 aliphatic carbocycles. The van der Waals surface area contributed by atoms with Gasteiger partial charge in [0.1, 0.15) is 11.6 Å². The molecule has 1 saturated heterocycles. The summed E-state index contributed by atoms with van der Waals surface area (Å²) in [5.41, 5.74) is 8.31. The molecule has 0 aromatic carbocycles. The normalized spacial score (nSPS) is 24.4. The van der Waals surface area contributed by atoms with Gasteiger partial charge in [-0.25, -0.2) is 9.97 Å². The molecular weight excluding hydrogens is 212 g/mol. The molecule has 2 aliphatic rings. The number of anilines is 1. The van der Waals surface area contributed by atoms with Gasteiger partial charge in [0.05, 0.1) is 0 Å². The van der Waals surface area contributed by atoms with E-state index in [2.05, 4.69) is 23.7 Å². The van der Waals surface area contributed by atoms with Gasteiger partial charge in [-0.3, -0.25) is 0 Å². The average Bonchev–Trinajstić information content (AvgIpc) is 3.05. The van der Waals surface area contributed by atoms with Crippen molar-refractivity contribution in [2.24, 2.45) is 5.73 Å². The van der Waals surface area contributed by atoms with Crippen LogP contribution in [-0.2, 0) is 0 Å². The maximum atomic E-state index is 5.98. The first kappa shape index (κ1) is 11.0. The molecule has 1 saturated carbocycles. The van der Waals surface area contributed by atoms with Crippen molar-refractivity contribution in [2.45, 2.75) is 45.1 Å². The lowest BCUT2D eigenvalue weighted by Crippen LogP contribution is -2.28. The van der Waals surface area contributed by atoms with E-state index in [1.807, 2.05) is 0 Å².